The highest BCUT2D eigenvalue weighted by atomic mass is 35.5. The van der Waals surface area contributed by atoms with Gasteiger partial charge in [-0.3, -0.25) is 0 Å². The van der Waals surface area contributed by atoms with Gasteiger partial charge in [0.15, 0.2) is 5.65 Å². The monoisotopic (exact) mass is 305 g/mol. The average molecular weight is 306 g/mol. The molecule has 0 saturated carbocycles. The lowest BCUT2D eigenvalue weighted by Crippen LogP contribution is -1.94. The van der Waals surface area contributed by atoms with Crippen LogP contribution in [0.3, 0.4) is 0 Å². The number of hydrogen-bond acceptors (Lipinski definition) is 2. The molecule has 0 amide bonds. The van der Waals surface area contributed by atoms with Crippen molar-refractivity contribution in [3.05, 3.63) is 78.1 Å². The molecule has 0 aliphatic rings. The molecule has 22 heavy (non-hydrogen) atoms. The van der Waals surface area contributed by atoms with Gasteiger partial charge in [-0.05, 0) is 23.3 Å². The van der Waals surface area contributed by atoms with Crippen LogP contribution in [0.15, 0.2) is 72.9 Å². The Kier molecular flexibility index (Phi) is 3.13. The normalized spacial score (nSPS) is 11.0. The van der Waals surface area contributed by atoms with E-state index in [1.165, 1.54) is 11.1 Å². The predicted molar refractivity (Wildman–Crippen MR) is 88.9 cm³/mol. The zero-order chi connectivity index (χ0) is 14.9. The minimum absolute atomic E-state index is 0.452. The molecular weight excluding hydrogens is 294 g/mol. The van der Waals surface area contributed by atoms with E-state index < -0.39 is 0 Å². The van der Waals surface area contributed by atoms with Crippen molar-refractivity contribution in [3.63, 3.8) is 0 Å². The maximum absolute atomic E-state index is 5.98. The Bertz CT molecular complexity index is 928. The van der Waals surface area contributed by atoms with Gasteiger partial charge in [0.05, 0.1) is 11.9 Å². The van der Waals surface area contributed by atoms with Gasteiger partial charge in [-0.15, -0.1) is 0 Å². The molecule has 106 valence electrons. The van der Waals surface area contributed by atoms with E-state index >= 15 is 0 Å². The Morgan fingerprint density at radius 1 is 0.727 bits per heavy atom. The fourth-order valence-corrected chi connectivity index (χ4v) is 2.65. The van der Waals surface area contributed by atoms with Gasteiger partial charge in [-0.25, -0.2) is 9.50 Å². The summed E-state index contributed by atoms with van der Waals surface area (Å²) in [7, 11) is 0. The van der Waals surface area contributed by atoms with E-state index in [0.717, 1.165) is 16.9 Å². The summed E-state index contributed by atoms with van der Waals surface area (Å²) in [5.74, 6) is 0. The van der Waals surface area contributed by atoms with Crippen molar-refractivity contribution in [2.24, 2.45) is 0 Å². The molecule has 0 radical (unpaired) electrons. The fourth-order valence-electron chi connectivity index (χ4n) is 2.51. The number of rotatable bonds is 2. The Labute approximate surface area is 132 Å². The summed E-state index contributed by atoms with van der Waals surface area (Å²) in [6, 6.07) is 22.3. The SMILES string of the molecule is Clc1ccc2ncc(-c3ccc(-c4ccccc4)cc3)n2n1. The largest absolute Gasteiger partial charge is 0.235 e. The van der Waals surface area contributed by atoms with Crippen LogP contribution in [0.2, 0.25) is 5.15 Å². The van der Waals surface area contributed by atoms with Gasteiger partial charge in [-0.1, -0.05) is 66.2 Å². The third-order valence-electron chi connectivity index (χ3n) is 3.62. The van der Waals surface area contributed by atoms with Crippen molar-refractivity contribution in [1.82, 2.24) is 14.6 Å². The van der Waals surface area contributed by atoms with Gasteiger partial charge >= 0.3 is 0 Å². The molecule has 2 aromatic carbocycles. The van der Waals surface area contributed by atoms with Crippen LogP contribution in [0.1, 0.15) is 0 Å². The van der Waals surface area contributed by atoms with Crippen molar-refractivity contribution in [3.8, 4) is 22.4 Å². The third-order valence-corrected chi connectivity index (χ3v) is 3.82. The number of halogens is 1. The number of imidazole rings is 1. The summed E-state index contributed by atoms with van der Waals surface area (Å²) in [6.45, 7) is 0. The molecule has 3 nitrogen and oxygen atoms in total. The smallest absolute Gasteiger partial charge is 0.154 e. The third kappa shape index (κ3) is 2.26. The van der Waals surface area contributed by atoms with E-state index in [1.54, 1.807) is 10.6 Å². The number of benzene rings is 2. The van der Waals surface area contributed by atoms with Gasteiger partial charge < -0.3 is 0 Å². The number of hydrogen-bond donors (Lipinski definition) is 0. The predicted octanol–water partition coefficient (Wildman–Crippen LogP) is 4.72. The Hall–Kier alpha value is -2.65. The molecule has 4 rings (SSSR count). The molecule has 0 N–H and O–H groups in total. The molecule has 0 aliphatic heterocycles. The van der Waals surface area contributed by atoms with Crippen LogP contribution in [-0.4, -0.2) is 14.6 Å². The highest BCUT2D eigenvalue weighted by molar-refractivity contribution is 6.29. The lowest BCUT2D eigenvalue weighted by atomic mass is 10.0. The molecule has 0 spiro atoms. The summed E-state index contributed by atoms with van der Waals surface area (Å²) in [4.78, 5) is 4.36. The molecule has 0 aliphatic carbocycles. The average Bonchev–Trinajstić information content (AvgIpc) is 2.99. The van der Waals surface area contributed by atoms with Crippen molar-refractivity contribution in [2.75, 3.05) is 0 Å². The first-order valence-corrected chi connectivity index (χ1v) is 7.35. The molecular formula is C18H12ClN3. The van der Waals surface area contributed by atoms with Crippen LogP contribution in [-0.2, 0) is 0 Å². The van der Waals surface area contributed by atoms with Crippen LogP contribution >= 0.6 is 11.6 Å². The summed E-state index contributed by atoms with van der Waals surface area (Å²) in [5.41, 5.74) is 5.16. The number of nitrogens with zero attached hydrogens (tertiary/aromatic N) is 3. The maximum atomic E-state index is 5.98. The lowest BCUT2D eigenvalue weighted by Gasteiger charge is -2.04. The van der Waals surface area contributed by atoms with Gasteiger partial charge in [0.1, 0.15) is 5.15 Å². The van der Waals surface area contributed by atoms with E-state index in [1.807, 2.05) is 30.5 Å². The summed E-state index contributed by atoms with van der Waals surface area (Å²) < 4.78 is 1.76. The molecule has 0 bridgehead atoms. The van der Waals surface area contributed by atoms with Crippen LogP contribution in [0, 0.1) is 0 Å². The first kappa shape index (κ1) is 13.0. The molecule has 0 fully saturated rings. The second-order valence-corrected chi connectivity index (χ2v) is 5.40. The van der Waals surface area contributed by atoms with Crippen molar-refractivity contribution < 1.29 is 0 Å². The van der Waals surface area contributed by atoms with Crippen LogP contribution < -0.4 is 0 Å². The van der Waals surface area contributed by atoms with E-state index in [-0.39, 0.29) is 0 Å². The second kappa shape index (κ2) is 5.28. The molecule has 2 heterocycles. The molecule has 4 heteroatoms. The first-order valence-electron chi connectivity index (χ1n) is 6.97. The van der Waals surface area contributed by atoms with E-state index in [9.17, 15) is 0 Å². The van der Waals surface area contributed by atoms with Gasteiger partial charge in [-0.2, -0.15) is 5.10 Å². The Morgan fingerprint density at radius 2 is 1.41 bits per heavy atom. The molecule has 0 unspecified atom stereocenters. The van der Waals surface area contributed by atoms with Crippen LogP contribution in [0.5, 0.6) is 0 Å². The van der Waals surface area contributed by atoms with E-state index in [2.05, 4.69) is 46.5 Å². The second-order valence-electron chi connectivity index (χ2n) is 5.01. The Morgan fingerprint density at radius 3 is 2.18 bits per heavy atom. The zero-order valence-corrected chi connectivity index (χ0v) is 12.4. The highest BCUT2D eigenvalue weighted by Gasteiger charge is 2.07. The highest BCUT2D eigenvalue weighted by Crippen LogP contribution is 2.25. The van der Waals surface area contributed by atoms with Gasteiger partial charge in [0.2, 0.25) is 0 Å². The standard InChI is InChI=1S/C18H12ClN3/c19-17-10-11-18-20-12-16(22(18)21-17)15-8-6-14(7-9-15)13-4-2-1-3-5-13/h1-12H. The zero-order valence-electron chi connectivity index (χ0n) is 11.6. The number of aromatic nitrogens is 3. The lowest BCUT2D eigenvalue weighted by molar-refractivity contribution is 0.943. The fraction of sp³-hybridized carbons (Fsp3) is 0. The first-order chi connectivity index (χ1) is 10.8. The van der Waals surface area contributed by atoms with Gasteiger partial charge in [0, 0.05) is 5.56 Å². The van der Waals surface area contributed by atoms with Crippen LogP contribution in [0.25, 0.3) is 28.0 Å². The molecule has 0 atom stereocenters. The van der Waals surface area contributed by atoms with Gasteiger partial charge in [0.25, 0.3) is 0 Å². The molecule has 0 saturated heterocycles. The van der Waals surface area contributed by atoms with Crippen molar-refractivity contribution in [1.29, 1.82) is 0 Å². The summed E-state index contributed by atoms with van der Waals surface area (Å²) >= 11 is 5.98. The minimum Gasteiger partial charge on any atom is -0.235 e. The summed E-state index contributed by atoms with van der Waals surface area (Å²) in [6.07, 6.45) is 1.82. The number of fused-ring (bicyclic) bond motifs is 1. The Balaban J connectivity index is 1.78. The van der Waals surface area contributed by atoms with Crippen molar-refractivity contribution in [2.45, 2.75) is 0 Å². The van der Waals surface area contributed by atoms with E-state index in [4.69, 9.17) is 11.6 Å². The minimum atomic E-state index is 0.452. The summed E-state index contributed by atoms with van der Waals surface area (Å²) in [5, 5.41) is 4.76. The van der Waals surface area contributed by atoms with Crippen LogP contribution in [0.4, 0.5) is 0 Å². The molecule has 2 aromatic heterocycles. The van der Waals surface area contributed by atoms with E-state index in [0.29, 0.717) is 5.15 Å². The topological polar surface area (TPSA) is 30.2 Å². The quantitative estimate of drug-likeness (QED) is 0.536. The molecule has 4 aromatic rings. The van der Waals surface area contributed by atoms with Crippen molar-refractivity contribution >= 4 is 17.2 Å². The maximum Gasteiger partial charge on any atom is 0.154 e.